The van der Waals surface area contributed by atoms with Crippen LogP contribution in [0.15, 0.2) is 23.3 Å². The fourth-order valence-corrected chi connectivity index (χ4v) is 1.38. The molecule has 0 aliphatic carbocycles. The van der Waals surface area contributed by atoms with Crippen molar-refractivity contribution in [2.75, 3.05) is 0 Å². The highest BCUT2D eigenvalue weighted by atomic mass is 16.1. The van der Waals surface area contributed by atoms with Crippen LogP contribution in [0.2, 0.25) is 0 Å². The molecule has 0 aromatic carbocycles. The summed E-state index contributed by atoms with van der Waals surface area (Å²) in [6.07, 6.45) is 4.24. The minimum absolute atomic E-state index is 0.124. The topological polar surface area (TPSA) is 63.6 Å². The number of nitrogens with zero attached hydrogens (tertiary/aromatic N) is 3. The summed E-state index contributed by atoms with van der Waals surface area (Å²) < 4.78 is 1.68. The molecule has 15 heavy (non-hydrogen) atoms. The Bertz CT molecular complexity index is 526. The van der Waals surface area contributed by atoms with Gasteiger partial charge in [-0.2, -0.15) is 5.10 Å². The van der Waals surface area contributed by atoms with Gasteiger partial charge in [0.05, 0.1) is 11.9 Å². The van der Waals surface area contributed by atoms with Gasteiger partial charge in [-0.05, 0) is 0 Å². The van der Waals surface area contributed by atoms with Gasteiger partial charge in [0.25, 0.3) is 5.56 Å². The van der Waals surface area contributed by atoms with Crippen LogP contribution in [-0.4, -0.2) is 19.7 Å². The molecule has 0 spiro atoms. The summed E-state index contributed by atoms with van der Waals surface area (Å²) in [5.74, 6) is 0.696. The van der Waals surface area contributed by atoms with Gasteiger partial charge in [-0.25, -0.2) is 4.98 Å². The highest BCUT2D eigenvalue weighted by Gasteiger charge is 2.04. The molecular weight excluding hydrogens is 192 g/mol. The molecule has 0 atom stereocenters. The molecule has 0 saturated heterocycles. The van der Waals surface area contributed by atoms with Crippen LogP contribution >= 0.6 is 0 Å². The molecule has 0 aliphatic rings. The lowest BCUT2D eigenvalue weighted by Crippen LogP contribution is -2.10. The lowest BCUT2D eigenvalue weighted by Gasteiger charge is -1.99. The Balaban J connectivity index is 2.53. The minimum Gasteiger partial charge on any atom is -0.311 e. The van der Waals surface area contributed by atoms with E-state index in [1.165, 1.54) is 6.07 Å². The quantitative estimate of drug-likeness (QED) is 0.784. The lowest BCUT2D eigenvalue weighted by molar-refractivity contribution is 0.768. The van der Waals surface area contributed by atoms with E-state index in [1.54, 1.807) is 10.9 Å². The van der Waals surface area contributed by atoms with Gasteiger partial charge in [-0.15, -0.1) is 0 Å². The van der Waals surface area contributed by atoms with Gasteiger partial charge in [0.2, 0.25) is 0 Å². The van der Waals surface area contributed by atoms with Crippen LogP contribution in [0, 0.1) is 0 Å². The third-order valence-electron chi connectivity index (χ3n) is 2.13. The van der Waals surface area contributed by atoms with E-state index in [-0.39, 0.29) is 5.56 Å². The van der Waals surface area contributed by atoms with Gasteiger partial charge >= 0.3 is 0 Å². The van der Waals surface area contributed by atoms with Crippen LogP contribution in [0.4, 0.5) is 0 Å². The zero-order valence-electron chi connectivity index (χ0n) is 8.69. The second-order valence-electron chi connectivity index (χ2n) is 3.33. The smallest absolute Gasteiger partial charge is 0.251 e. The molecule has 78 valence electrons. The second-order valence-corrected chi connectivity index (χ2v) is 3.33. The third-order valence-corrected chi connectivity index (χ3v) is 2.13. The first-order chi connectivity index (χ1) is 7.19. The number of aromatic nitrogens is 4. The van der Waals surface area contributed by atoms with Gasteiger partial charge in [0.15, 0.2) is 0 Å². The molecule has 0 radical (unpaired) electrons. The van der Waals surface area contributed by atoms with Crippen molar-refractivity contribution in [3.63, 3.8) is 0 Å². The van der Waals surface area contributed by atoms with Crippen LogP contribution in [0.5, 0.6) is 0 Å². The number of H-pyrrole nitrogens is 1. The van der Waals surface area contributed by atoms with Crippen molar-refractivity contribution in [1.82, 2.24) is 19.7 Å². The van der Waals surface area contributed by atoms with Crippen LogP contribution in [0.25, 0.3) is 11.3 Å². The Morgan fingerprint density at radius 1 is 1.53 bits per heavy atom. The summed E-state index contributed by atoms with van der Waals surface area (Å²) in [5.41, 5.74) is 1.41. The highest BCUT2D eigenvalue weighted by molar-refractivity contribution is 5.56. The van der Waals surface area contributed by atoms with Gasteiger partial charge in [-0.3, -0.25) is 9.48 Å². The van der Waals surface area contributed by atoms with Crippen molar-refractivity contribution in [1.29, 1.82) is 0 Å². The molecule has 2 aromatic rings. The number of rotatable bonds is 2. The van der Waals surface area contributed by atoms with Crippen molar-refractivity contribution in [2.45, 2.75) is 13.3 Å². The summed E-state index contributed by atoms with van der Waals surface area (Å²) in [4.78, 5) is 18.3. The van der Waals surface area contributed by atoms with Crippen molar-refractivity contribution in [2.24, 2.45) is 7.05 Å². The maximum absolute atomic E-state index is 11.3. The van der Waals surface area contributed by atoms with Crippen molar-refractivity contribution in [3.8, 4) is 11.3 Å². The van der Waals surface area contributed by atoms with Crippen molar-refractivity contribution < 1.29 is 0 Å². The molecule has 0 saturated carbocycles. The fraction of sp³-hybridized carbons (Fsp3) is 0.300. The first-order valence-corrected chi connectivity index (χ1v) is 4.78. The van der Waals surface area contributed by atoms with Gasteiger partial charge in [-0.1, -0.05) is 6.92 Å². The maximum Gasteiger partial charge on any atom is 0.251 e. The monoisotopic (exact) mass is 204 g/mol. The Hall–Kier alpha value is -1.91. The molecule has 1 N–H and O–H groups in total. The Kier molecular flexibility index (Phi) is 2.37. The number of hydrogen-bond acceptors (Lipinski definition) is 3. The first kappa shape index (κ1) is 9.64. The normalized spacial score (nSPS) is 10.5. The van der Waals surface area contributed by atoms with Gasteiger partial charge < -0.3 is 4.98 Å². The third kappa shape index (κ3) is 1.96. The average molecular weight is 204 g/mol. The summed E-state index contributed by atoms with van der Waals surface area (Å²) in [7, 11) is 1.83. The number of aromatic amines is 1. The highest BCUT2D eigenvalue weighted by Crippen LogP contribution is 2.13. The summed E-state index contributed by atoms with van der Waals surface area (Å²) in [5, 5.41) is 4.04. The standard InChI is InChI=1S/C10H12N4O/c1-3-9-12-8(4-10(15)13-9)7-5-11-14(2)6-7/h4-6H,3H2,1-2H3,(H,12,13,15). The van der Waals surface area contributed by atoms with E-state index in [0.29, 0.717) is 17.9 Å². The molecule has 2 heterocycles. The molecule has 0 amide bonds. The second kappa shape index (κ2) is 3.68. The van der Waals surface area contributed by atoms with E-state index >= 15 is 0 Å². The Morgan fingerprint density at radius 3 is 2.93 bits per heavy atom. The zero-order valence-corrected chi connectivity index (χ0v) is 8.69. The number of aryl methyl sites for hydroxylation is 2. The first-order valence-electron chi connectivity index (χ1n) is 4.78. The van der Waals surface area contributed by atoms with E-state index in [4.69, 9.17) is 0 Å². The number of hydrogen-bond donors (Lipinski definition) is 1. The molecule has 5 nitrogen and oxygen atoms in total. The lowest BCUT2D eigenvalue weighted by atomic mass is 10.2. The van der Waals surface area contributed by atoms with Crippen LogP contribution in [-0.2, 0) is 13.5 Å². The average Bonchev–Trinajstić information content (AvgIpc) is 2.64. The van der Waals surface area contributed by atoms with E-state index in [9.17, 15) is 4.79 Å². The summed E-state index contributed by atoms with van der Waals surface area (Å²) in [6, 6.07) is 1.48. The number of nitrogens with one attached hydrogen (secondary N) is 1. The van der Waals surface area contributed by atoms with Crippen LogP contribution in [0.3, 0.4) is 0 Å². The molecule has 0 unspecified atom stereocenters. The van der Waals surface area contributed by atoms with E-state index in [1.807, 2.05) is 20.2 Å². The Labute approximate surface area is 86.8 Å². The largest absolute Gasteiger partial charge is 0.311 e. The molecule has 0 bridgehead atoms. The molecule has 5 heteroatoms. The van der Waals surface area contributed by atoms with Crippen molar-refractivity contribution in [3.05, 3.63) is 34.6 Å². The minimum atomic E-state index is -0.124. The summed E-state index contributed by atoms with van der Waals surface area (Å²) >= 11 is 0. The predicted molar refractivity (Wildman–Crippen MR) is 56.4 cm³/mol. The van der Waals surface area contributed by atoms with Crippen LogP contribution < -0.4 is 5.56 Å². The van der Waals surface area contributed by atoms with Gasteiger partial charge in [0, 0.05) is 31.3 Å². The Morgan fingerprint density at radius 2 is 2.33 bits per heavy atom. The molecule has 2 aromatic heterocycles. The predicted octanol–water partition coefficient (Wildman–Crippen LogP) is 0.733. The molecule has 0 aliphatic heterocycles. The molecule has 2 rings (SSSR count). The zero-order chi connectivity index (χ0) is 10.8. The van der Waals surface area contributed by atoms with Crippen LogP contribution in [0.1, 0.15) is 12.7 Å². The SMILES string of the molecule is CCc1nc(-c2cnn(C)c2)cc(=O)[nH]1. The van der Waals surface area contributed by atoms with Crippen molar-refractivity contribution >= 4 is 0 Å². The molecule has 0 fully saturated rings. The van der Waals surface area contributed by atoms with Gasteiger partial charge in [0.1, 0.15) is 5.82 Å². The van der Waals surface area contributed by atoms with E-state index < -0.39 is 0 Å². The van der Waals surface area contributed by atoms with E-state index in [0.717, 1.165) is 5.56 Å². The maximum atomic E-state index is 11.3. The fourth-order valence-electron chi connectivity index (χ4n) is 1.38. The van der Waals surface area contributed by atoms with E-state index in [2.05, 4.69) is 15.1 Å². The summed E-state index contributed by atoms with van der Waals surface area (Å²) in [6.45, 7) is 1.95. The molecular formula is C10H12N4O.